The van der Waals surface area contributed by atoms with Gasteiger partial charge < -0.3 is 15.5 Å². The first-order valence-electron chi connectivity index (χ1n) is 7.75. The van der Waals surface area contributed by atoms with Crippen LogP contribution in [0, 0.1) is 10.1 Å². The van der Waals surface area contributed by atoms with E-state index in [1.165, 1.54) is 18.2 Å². The Morgan fingerprint density at radius 3 is 2.67 bits per heavy atom. The van der Waals surface area contributed by atoms with E-state index in [2.05, 4.69) is 16.8 Å². The number of anilines is 1. The molecule has 9 heteroatoms. The van der Waals surface area contributed by atoms with Gasteiger partial charge in [0.25, 0.3) is 11.6 Å². The number of thioether (sulfide) groups is 1. The van der Waals surface area contributed by atoms with Crippen LogP contribution in [-0.4, -0.2) is 63.8 Å². The normalized spacial score (nSPS) is 20.9. The van der Waals surface area contributed by atoms with Crippen LogP contribution in [0.2, 0.25) is 0 Å². The minimum absolute atomic E-state index is 0.0618. The number of nitro groups is 1. The summed E-state index contributed by atoms with van der Waals surface area (Å²) >= 11 is 1.77. The SMILES string of the molecule is C[C@H]1CN=C(N2CCN(C(=O)c3ccc(N)c([N+](=O)[O-])c3)CC2)S1. The highest BCUT2D eigenvalue weighted by Crippen LogP contribution is 2.25. The summed E-state index contributed by atoms with van der Waals surface area (Å²) < 4.78 is 0. The molecule has 2 aliphatic heterocycles. The fourth-order valence-corrected chi connectivity index (χ4v) is 3.74. The highest BCUT2D eigenvalue weighted by molar-refractivity contribution is 8.14. The molecule has 2 heterocycles. The topological polar surface area (TPSA) is 105 Å². The first-order valence-corrected chi connectivity index (χ1v) is 8.63. The molecule has 0 aliphatic carbocycles. The van der Waals surface area contributed by atoms with Crippen LogP contribution >= 0.6 is 11.8 Å². The first kappa shape index (κ1) is 16.6. The van der Waals surface area contributed by atoms with Crippen molar-refractivity contribution in [2.24, 2.45) is 4.99 Å². The lowest BCUT2D eigenvalue weighted by molar-refractivity contribution is -0.383. The molecule has 128 valence electrons. The van der Waals surface area contributed by atoms with Gasteiger partial charge in [0.15, 0.2) is 5.17 Å². The lowest BCUT2D eigenvalue weighted by atomic mass is 10.1. The van der Waals surface area contributed by atoms with Gasteiger partial charge in [0.05, 0.1) is 11.5 Å². The number of nitrogens with zero attached hydrogens (tertiary/aromatic N) is 4. The summed E-state index contributed by atoms with van der Waals surface area (Å²) in [7, 11) is 0. The van der Waals surface area contributed by atoms with E-state index >= 15 is 0 Å². The van der Waals surface area contributed by atoms with Crippen molar-refractivity contribution in [3.8, 4) is 0 Å². The van der Waals surface area contributed by atoms with E-state index in [0.717, 1.165) is 24.8 Å². The van der Waals surface area contributed by atoms with Gasteiger partial charge in [-0.15, -0.1) is 0 Å². The predicted octanol–water partition coefficient (Wildman–Crippen LogP) is 1.43. The van der Waals surface area contributed by atoms with Crippen molar-refractivity contribution in [3.63, 3.8) is 0 Å². The Bertz CT molecular complexity index is 700. The minimum Gasteiger partial charge on any atom is -0.393 e. The molecule has 24 heavy (non-hydrogen) atoms. The quantitative estimate of drug-likeness (QED) is 0.492. The highest BCUT2D eigenvalue weighted by Gasteiger charge is 2.27. The molecule has 1 saturated heterocycles. The molecule has 3 rings (SSSR count). The van der Waals surface area contributed by atoms with E-state index in [9.17, 15) is 14.9 Å². The number of nitrogens with two attached hydrogens (primary N) is 1. The Hall–Kier alpha value is -2.29. The molecule has 1 atom stereocenters. The van der Waals surface area contributed by atoms with Gasteiger partial charge in [-0.05, 0) is 12.1 Å². The molecule has 1 fully saturated rings. The third-order valence-corrected chi connectivity index (χ3v) is 5.25. The number of piperazine rings is 1. The van der Waals surface area contributed by atoms with Gasteiger partial charge in [-0.25, -0.2) is 0 Å². The summed E-state index contributed by atoms with van der Waals surface area (Å²) in [5.41, 5.74) is 5.71. The Kier molecular flexibility index (Phi) is 4.61. The Labute approximate surface area is 143 Å². The van der Waals surface area contributed by atoms with Crippen LogP contribution in [0.15, 0.2) is 23.2 Å². The smallest absolute Gasteiger partial charge is 0.292 e. The van der Waals surface area contributed by atoms with Gasteiger partial charge >= 0.3 is 0 Å². The largest absolute Gasteiger partial charge is 0.393 e. The first-order chi connectivity index (χ1) is 11.5. The molecule has 0 radical (unpaired) electrons. The van der Waals surface area contributed by atoms with E-state index in [4.69, 9.17) is 5.73 Å². The molecule has 2 N–H and O–H groups in total. The molecule has 0 spiro atoms. The van der Waals surface area contributed by atoms with Gasteiger partial charge in [0.1, 0.15) is 5.69 Å². The maximum absolute atomic E-state index is 12.6. The average molecular weight is 349 g/mol. The summed E-state index contributed by atoms with van der Waals surface area (Å²) in [5, 5.41) is 12.5. The second-order valence-corrected chi connectivity index (χ2v) is 7.27. The third kappa shape index (κ3) is 3.30. The second kappa shape index (κ2) is 6.68. The maximum Gasteiger partial charge on any atom is 0.292 e. The van der Waals surface area contributed by atoms with E-state index in [1.807, 2.05) is 0 Å². The van der Waals surface area contributed by atoms with E-state index < -0.39 is 4.92 Å². The zero-order valence-electron chi connectivity index (χ0n) is 13.3. The van der Waals surface area contributed by atoms with Crippen molar-refractivity contribution >= 4 is 34.2 Å². The summed E-state index contributed by atoms with van der Waals surface area (Å²) in [4.78, 5) is 31.4. The summed E-state index contributed by atoms with van der Waals surface area (Å²) in [6.07, 6.45) is 0. The van der Waals surface area contributed by atoms with Crippen LogP contribution < -0.4 is 5.73 Å². The van der Waals surface area contributed by atoms with E-state index in [-0.39, 0.29) is 17.3 Å². The van der Waals surface area contributed by atoms with Crippen molar-refractivity contribution in [1.29, 1.82) is 0 Å². The van der Waals surface area contributed by atoms with E-state index in [1.54, 1.807) is 16.7 Å². The van der Waals surface area contributed by atoms with Crippen LogP contribution in [0.5, 0.6) is 0 Å². The monoisotopic (exact) mass is 349 g/mol. The standard InChI is InChI=1S/C15H19N5O3S/c1-10-9-17-15(24-10)19-6-4-18(5-7-19)14(21)11-2-3-12(16)13(8-11)20(22)23/h2-3,8,10H,4-7,9,16H2,1H3/t10-/m0/s1. The number of nitrogen functional groups attached to an aromatic ring is 1. The van der Waals surface area contributed by atoms with Gasteiger partial charge in [-0.1, -0.05) is 18.7 Å². The molecule has 1 aromatic carbocycles. The molecule has 1 amide bonds. The number of nitro benzene ring substituents is 1. The third-order valence-electron chi connectivity index (χ3n) is 4.10. The van der Waals surface area contributed by atoms with Crippen LogP contribution in [-0.2, 0) is 0 Å². The molecule has 0 saturated carbocycles. The van der Waals surface area contributed by atoms with Crippen molar-refractivity contribution in [3.05, 3.63) is 33.9 Å². The Morgan fingerprint density at radius 2 is 2.08 bits per heavy atom. The number of benzene rings is 1. The number of rotatable bonds is 2. The molecule has 0 aromatic heterocycles. The van der Waals surface area contributed by atoms with Crippen molar-refractivity contribution in [1.82, 2.24) is 9.80 Å². The maximum atomic E-state index is 12.6. The van der Waals surface area contributed by atoms with Gasteiger partial charge in [-0.3, -0.25) is 19.9 Å². The Balaban J connectivity index is 1.65. The van der Waals surface area contributed by atoms with Crippen LogP contribution in [0.3, 0.4) is 0 Å². The summed E-state index contributed by atoms with van der Waals surface area (Å²) in [6, 6.07) is 4.20. The molecular weight excluding hydrogens is 330 g/mol. The average Bonchev–Trinajstić information content (AvgIpc) is 3.01. The number of hydrogen-bond acceptors (Lipinski definition) is 7. The van der Waals surface area contributed by atoms with Crippen LogP contribution in [0.1, 0.15) is 17.3 Å². The zero-order valence-corrected chi connectivity index (χ0v) is 14.2. The number of amidine groups is 1. The fraction of sp³-hybridized carbons (Fsp3) is 0.467. The number of carbonyl (C=O) groups is 1. The molecule has 1 aromatic rings. The Morgan fingerprint density at radius 1 is 1.38 bits per heavy atom. The molecule has 2 aliphatic rings. The molecule has 0 bridgehead atoms. The van der Waals surface area contributed by atoms with E-state index in [0.29, 0.717) is 23.9 Å². The number of carbonyl (C=O) groups excluding carboxylic acids is 1. The lowest BCUT2D eigenvalue weighted by Crippen LogP contribution is -2.49. The number of aliphatic imine (C=N–C) groups is 1. The molecule has 0 unspecified atom stereocenters. The summed E-state index contributed by atoms with van der Waals surface area (Å²) in [6.45, 7) is 5.59. The number of hydrogen-bond donors (Lipinski definition) is 1. The fourth-order valence-electron chi connectivity index (χ4n) is 2.75. The van der Waals surface area contributed by atoms with Crippen LogP contribution in [0.4, 0.5) is 11.4 Å². The van der Waals surface area contributed by atoms with Gasteiger partial charge in [-0.2, -0.15) is 0 Å². The summed E-state index contributed by atoms with van der Waals surface area (Å²) in [5.74, 6) is -0.202. The van der Waals surface area contributed by atoms with Crippen molar-refractivity contribution in [2.75, 3.05) is 38.5 Å². The molecule has 8 nitrogen and oxygen atoms in total. The van der Waals surface area contributed by atoms with Gasteiger partial charge in [0, 0.05) is 43.1 Å². The minimum atomic E-state index is -0.569. The van der Waals surface area contributed by atoms with Crippen molar-refractivity contribution in [2.45, 2.75) is 12.2 Å². The van der Waals surface area contributed by atoms with Crippen molar-refractivity contribution < 1.29 is 9.72 Å². The lowest BCUT2D eigenvalue weighted by Gasteiger charge is -2.35. The number of amides is 1. The van der Waals surface area contributed by atoms with Crippen LogP contribution in [0.25, 0.3) is 0 Å². The van der Waals surface area contributed by atoms with Gasteiger partial charge in [0.2, 0.25) is 0 Å². The highest BCUT2D eigenvalue weighted by atomic mass is 32.2. The predicted molar refractivity (Wildman–Crippen MR) is 94.3 cm³/mol. The second-order valence-electron chi connectivity index (χ2n) is 5.86. The zero-order chi connectivity index (χ0) is 17.3. The molecular formula is C15H19N5O3S.